The van der Waals surface area contributed by atoms with Gasteiger partial charge in [0.2, 0.25) is 5.91 Å². The van der Waals surface area contributed by atoms with E-state index >= 15 is 0 Å². The molecule has 1 unspecified atom stereocenters. The molecular weight excluding hydrogens is 328 g/mol. The van der Waals surface area contributed by atoms with Crippen molar-refractivity contribution >= 4 is 11.9 Å². The zero-order chi connectivity index (χ0) is 19.6. The number of nitrogens with two attached hydrogens (primary N) is 1. The summed E-state index contributed by atoms with van der Waals surface area (Å²) in [6.07, 6.45) is 14.5. The second-order valence-electron chi connectivity index (χ2n) is 7.40. The van der Waals surface area contributed by atoms with Gasteiger partial charge in [0.05, 0.1) is 6.04 Å². The number of hydrogen-bond donors (Lipinski definition) is 2. The molecule has 0 aliphatic heterocycles. The Labute approximate surface area is 160 Å². The molecule has 0 aliphatic rings. The second-order valence-corrected chi connectivity index (χ2v) is 7.40. The van der Waals surface area contributed by atoms with Gasteiger partial charge in [-0.15, -0.1) is 0 Å². The fourth-order valence-corrected chi connectivity index (χ4v) is 3.14. The Balaban J connectivity index is 4.28. The van der Waals surface area contributed by atoms with Gasteiger partial charge in [-0.25, -0.2) is 0 Å². The summed E-state index contributed by atoms with van der Waals surface area (Å²) >= 11 is 0. The number of hydrogen-bond acceptors (Lipinski definition) is 3. The molecule has 0 radical (unpaired) electrons. The smallest absolute Gasteiger partial charge is 0.303 e. The highest BCUT2D eigenvalue weighted by molar-refractivity contribution is 5.82. The highest BCUT2D eigenvalue weighted by Crippen LogP contribution is 2.11. The molecule has 5 heteroatoms. The van der Waals surface area contributed by atoms with Crippen LogP contribution in [0.25, 0.3) is 0 Å². The Morgan fingerprint density at radius 3 is 1.65 bits per heavy atom. The van der Waals surface area contributed by atoms with Crippen molar-refractivity contribution in [1.29, 1.82) is 0 Å². The molecule has 0 aromatic carbocycles. The highest BCUT2D eigenvalue weighted by atomic mass is 16.4. The van der Waals surface area contributed by atoms with Gasteiger partial charge in [-0.05, 0) is 19.3 Å². The van der Waals surface area contributed by atoms with Gasteiger partial charge < -0.3 is 15.7 Å². The third kappa shape index (κ3) is 14.1. The Morgan fingerprint density at radius 1 is 0.808 bits per heavy atom. The first-order valence-corrected chi connectivity index (χ1v) is 10.8. The molecule has 0 saturated carbocycles. The molecule has 3 N–H and O–H groups in total. The Bertz CT molecular complexity index is 345. The summed E-state index contributed by atoms with van der Waals surface area (Å²) in [5.41, 5.74) is 5.95. The summed E-state index contributed by atoms with van der Waals surface area (Å²) < 4.78 is 0. The molecular formula is C21H42N2O3. The largest absolute Gasteiger partial charge is 0.481 e. The summed E-state index contributed by atoms with van der Waals surface area (Å²) in [6, 6.07) is -0.689. The van der Waals surface area contributed by atoms with E-state index in [1.54, 1.807) is 0 Å². The zero-order valence-corrected chi connectivity index (χ0v) is 17.2. The predicted molar refractivity (Wildman–Crippen MR) is 108 cm³/mol. The van der Waals surface area contributed by atoms with Gasteiger partial charge in [0.15, 0.2) is 0 Å². The number of carbonyl (C=O) groups excluding carboxylic acids is 1. The van der Waals surface area contributed by atoms with Crippen LogP contribution in [0.3, 0.4) is 0 Å². The maximum Gasteiger partial charge on any atom is 0.303 e. The average Bonchev–Trinajstić information content (AvgIpc) is 2.62. The van der Waals surface area contributed by atoms with Crippen molar-refractivity contribution in [2.24, 2.45) is 5.73 Å². The van der Waals surface area contributed by atoms with Crippen molar-refractivity contribution in [3.05, 3.63) is 0 Å². The second kappa shape index (κ2) is 17.3. The molecule has 0 aromatic rings. The molecule has 1 amide bonds. The van der Waals surface area contributed by atoms with Gasteiger partial charge in [-0.2, -0.15) is 0 Å². The third-order valence-electron chi connectivity index (χ3n) is 4.86. The molecule has 26 heavy (non-hydrogen) atoms. The lowest BCUT2D eigenvalue weighted by molar-refractivity contribution is -0.137. The lowest BCUT2D eigenvalue weighted by Gasteiger charge is -2.26. The number of rotatable bonds is 18. The summed E-state index contributed by atoms with van der Waals surface area (Å²) in [4.78, 5) is 25.2. The first-order valence-electron chi connectivity index (χ1n) is 10.8. The maximum atomic E-state index is 12.6. The lowest BCUT2D eigenvalue weighted by Crippen LogP contribution is -2.44. The summed E-state index contributed by atoms with van der Waals surface area (Å²) in [5, 5.41) is 8.79. The molecule has 0 bridgehead atoms. The van der Waals surface area contributed by atoms with Crippen LogP contribution in [-0.4, -0.2) is 41.0 Å². The minimum Gasteiger partial charge on any atom is -0.481 e. The molecule has 0 saturated heterocycles. The Morgan fingerprint density at radius 2 is 1.23 bits per heavy atom. The van der Waals surface area contributed by atoms with Crippen LogP contribution in [0.1, 0.15) is 104 Å². The number of amides is 1. The zero-order valence-electron chi connectivity index (χ0n) is 17.2. The molecule has 5 nitrogen and oxygen atoms in total. The number of carbonyl (C=O) groups is 2. The van der Waals surface area contributed by atoms with Gasteiger partial charge in [0.1, 0.15) is 0 Å². The van der Waals surface area contributed by atoms with Crippen LogP contribution >= 0.6 is 0 Å². The van der Waals surface area contributed by atoms with Crippen LogP contribution in [0.5, 0.6) is 0 Å². The van der Waals surface area contributed by atoms with E-state index in [0.717, 1.165) is 38.8 Å². The van der Waals surface area contributed by atoms with Crippen molar-refractivity contribution in [2.75, 3.05) is 13.1 Å². The lowest BCUT2D eigenvalue weighted by atomic mass is 10.1. The van der Waals surface area contributed by atoms with Gasteiger partial charge in [0, 0.05) is 19.5 Å². The monoisotopic (exact) mass is 370 g/mol. The predicted octanol–water partition coefficient (Wildman–Crippen LogP) is 4.73. The average molecular weight is 371 g/mol. The van der Waals surface area contributed by atoms with Crippen LogP contribution in [0.4, 0.5) is 0 Å². The van der Waals surface area contributed by atoms with Gasteiger partial charge in [0.25, 0.3) is 0 Å². The van der Waals surface area contributed by atoms with E-state index in [1.807, 2.05) is 4.90 Å². The molecule has 0 rings (SSSR count). The van der Waals surface area contributed by atoms with Crippen molar-refractivity contribution in [1.82, 2.24) is 4.90 Å². The molecule has 0 fully saturated rings. The fraction of sp³-hybridized carbons (Fsp3) is 0.905. The SMILES string of the molecule is CCCCCCCCN(CCCCCCCC)C(=O)C(N)CCC(=O)O. The fourth-order valence-electron chi connectivity index (χ4n) is 3.14. The summed E-state index contributed by atoms with van der Waals surface area (Å²) in [7, 11) is 0. The molecule has 0 aromatic heterocycles. The standard InChI is InChI=1S/C21H42N2O3/c1-3-5-7-9-11-13-17-23(18-14-12-10-8-6-4-2)21(26)19(22)15-16-20(24)25/h19H,3-18,22H2,1-2H3,(H,24,25). The Hall–Kier alpha value is -1.10. The van der Waals surface area contributed by atoms with Crippen LogP contribution in [0.15, 0.2) is 0 Å². The minimum absolute atomic E-state index is 0.0468. The van der Waals surface area contributed by atoms with Crippen molar-refractivity contribution in [3.8, 4) is 0 Å². The van der Waals surface area contributed by atoms with Gasteiger partial charge in [-0.1, -0.05) is 78.1 Å². The van der Waals surface area contributed by atoms with E-state index in [1.165, 1.54) is 51.4 Å². The normalized spacial score (nSPS) is 12.1. The molecule has 154 valence electrons. The highest BCUT2D eigenvalue weighted by Gasteiger charge is 2.21. The number of aliphatic carboxylic acids is 1. The van der Waals surface area contributed by atoms with Crippen molar-refractivity contribution < 1.29 is 14.7 Å². The topological polar surface area (TPSA) is 83.6 Å². The van der Waals surface area contributed by atoms with Crippen molar-refractivity contribution in [2.45, 2.75) is 110 Å². The molecule has 1 atom stereocenters. The first kappa shape index (κ1) is 24.9. The van der Waals surface area contributed by atoms with Crippen molar-refractivity contribution in [3.63, 3.8) is 0 Å². The van der Waals surface area contributed by atoms with E-state index < -0.39 is 12.0 Å². The van der Waals surface area contributed by atoms with Crippen LogP contribution < -0.4 is 5.73 Å². The number of carboxylic acid groups (broad SMARTS) is 1. The quantitative estimate of drug-likeness (QED) is 0.342. The van der Waals surface area contributed by atoms with E-state index in [-0.39, 0.29) is 18.7 Å². The first-order chi connectivity index (χ1) is 12.5. The van der Waals surface area contributed by atoms with Gasteiger partial charge in [-0.3, -0.25) is 9.59 Å². The Kier molecular flexibility index (Phi) is 16.6. The molecule has 0 spiro atoms. The number of nitrogens with zero attached hydrogens (tertiary/aromatic N) is 1. The van der Waals surface area contributed by atoms with E-state index in [0.29, 0.717) is 0 Å². The van der Waals surface area contributed by atoms with Gasteiger partial charge >= 0.3 is 5.97 Å². The molecule has 0 heterocycles. The van der Waals surface area contributed by atoms with E-state index in [9.17, 15) is 9.59 Å². The molecule has 0 aliphatic carbocycles. The van der Waals surface area contributed by atoms with E-state index in [4.69, 9.17) is 10.8 Å². The summed E-state index contributed by atoms with van der Waals surface area (Å²) in [6.45, 7) is 5.92. The van der Waals surface area contributed by atoms with Crippen LogP contribution in [0.2, 0.25) is 0 Å². The number of carboxylic acids is 1. The number of unbranched alkanes of at least 4 members (excludes halogenated alkanes) is 10. The van der Waals surface area contributed by atoms with E-state index in [2.05, 4.69) is 13.8 Å². The minimum atomic E-state index is -0.897. The van der Waals surface area contributed by atoms with Crippen LogP contribution in [0, 0.1) is 0 Å². The third-order valence-corrected chi connectivity index (χ3v) is 4.86. The summed E-state index contributed by atoms with van der Waals surface area (Å²) in [5.74, 6) is -0.972. The maximum absolute atomic E-state index is 12.6. The van der Waals surface area contributed by atoms with Crippen LogP contribution in [-0.2, 0) is 9.59 Å².